The van der Waals surface area contributed by atoms with Crippen LogP contribution in [0.4, 0.5) is 0 Å². The summed E-state index contributed by atoms with van der Waals surface area (Å²) in [5, 5.41) is 0.565. The van der Waals surface area contributed by atoms with Gasteiger partial charge in [-0.3, -0.25) is 0 Å². The van der Waals surface area contributed by atoms with Crippen molar-refractivity contribution in [3.63, 3.8) is 0 Å². The number of unbranched alkanes of at least 4 members (excludes halogenated alkanes) is 4. The molecule has 0 amide bonds. The molecule has 1 heteroatoms. The highest BCUT2D eigenvalue weighted by Gasteiger charge is 2.21. The summed E-state index contributed by atoms with van der Waals surface area (Å²) in [5.41, 5.74) is 0. The van der Waals surface area contributed by atoms with Crippen LogP contribution in [0, 0.1) is 0 Å². The Kier molecular flexibility index (Phi) is 9.92. The second-order valence-electron chi connectivity index (χ2n) is 5.03. The van der Waals surface area contributed by atoms with Crippen molar-refractivity contribution in [2.75, 3.05) is 0 Å². The smallest absolute Gasteiger partial charge is 0.0150 e. The molecule has 0 radical (unpaired) electrons. The Morgan fingerprint density at radius 3 is 1.67 bits per heavy atom. The summed E-state index contributed by atoms with van der Waals surface area (Å²) < 4.78 is 0. The minimum Gasteiger partial charge on any atom is -0.131 e. The Hall–Kier alpha value is 0.430. The molecule has 1 unspecified atom stereocenters. The Morgan fingerprint density at radius 2 is 1.20 bits per heavy atom. The molecule has 0 aromatic heterocycles. The lowest BCUT2D eigenvalue weighted by Crippen LogP contribution is -2.19. The van der Waals surface area contributed by atoms with E-state index in [1.165, 1.54) is 64.2 Å². The van der Waals surface area contributed by atoms with Gasteiger partial charge in [-0.1, -0.05) is 65.7 Å². The molecule has 92 valence electrons. The van der Waals surface area contributed by atoms with Crippen LogP contribution in [0.25, 0.3) is 0 Å². The lowest BCUT2D eigenvalue weighted by Gasteiger charge is -2.28. The van der Waals surface area contributed by atoms with Crippen LogP contribution in [0.15, 0.2) is 0 Å². The summed E-state index contributed by atoms with van der Waals surface area (Å²) >= 11 is 0. The molecule has 0 aliphatic rings. The third-order valence-electron chi connectivity index (χ3n) is 3.27. The largest absolute Gasteiger partial charge is 0.131 e. The van der Waals surface area contributed by atoms with Gasteiger partial charge in [-0.25, -0.2) is 0 Å². The van der Waals surface area contributed by atoms with E-state index in [0.29, 0.717) is 5.16 Å². The summed E-state index contributed by atoms with van der Waals surface area (Å²) in [6, 6.07) is 0. The number of hydrogen-bond acceptors (Lipinski definition) is 0. The minimum atomic E-state index is 0.565. The quantitative estimate of drug-likeness (QED) is 0.340. The minimum absolute atomic E-state index is 0.565. The molecule has 0 bridgehead atoms. The lowest BCUT2D eigenvalue weighted by molar-refractivity contribution is 0.433. The molecule has 0 rings (SSSR count). The average molecular weight is 230 g/mol. The van der Waals surface area contributed by atoms with Crippen molar-refractivity contribution < 1.29 is 0 Å². The van der Waals surface area contributed by atoms with Crippen molar-refractivity contribution in [1.29, 1.82) is 0 Å². The molecule has 0 saturated carbocycles. The van der Waals surface area contributed by atoms with Crippen molar-refractivity contribution in [2.24, 2.45) is 0 Å². The second kappa shape index (κ2) is 9.64. The zero-order valence-corrected chi connectivity index (χ0v) is 12.3. The Morgan fingerprint density at radius 1 is 0.667 bits per heavy atom. The molecule has 0 aromatic carbocycles. The van der Waals surface area contributed by atoms with Crippen molar-refractivity contribution >= 4 is 9.24 Å². The summed E-state index contributed by atoms with van der Waals surface area (Å²) in [6.07, 6.45) is 14.0. The zero-order chi connectivity index (χ0) is 11.6. The molecule has 0 N–H and O–H groups in total. The maximum Gasteiger partial charge on any atom is -0.0150 e. The average Bonchev–Trinajstić information content (AvgIpc) is 2.18. The van der Waals surface area contributed by atoms with E-state index in [9.17, 15) is 0 Å². The first-order valence-electron chi connectivity index (χ1n) is 6.97. The van der Waals surface area contributed by atoms with Gasteiger partial charge in [-0.15, -0.1) is 9.24 Å². The third-order valence-corrected chi connectivity index (χ3v) is 4.14. The first kappa shape index (κ1) is 15.4. The van der Waals surface area contributed by atoms with Gasteiger partial charge in [0, 0.05) is 0 Å². The molecule has 0 saturated heterocycles. The third kappa shape index (κ3) is 8.26. The second-order valence-corrected chi connectivity index (χ2v) is 6.25. The highest BCUT2D eigenvalue weighted by atomic mass is 31.0. The molecule has 1 atom stereocenters. The molecule has 0 spiro atoms. The molecule has 0 aliphatic heterocycles. The molecule has 0 nitrogen and oxygen atoms in total. The molecule has 15 heavy (non-hydrogen) atoms. The van der Waals surface area contributed by atoms with Gasteiger partial charge in [0.05, 0.1) is 0 Å². The van der Waals surface area contributed by atoms with Gasteiger partial charge in [0.25, 0.3) is 0 Å². The van der Waals surface area contributed by atoms with Crippen LogP contribution in [-0.2, 0) is 0 Å². The van der Waals surface area contributed by atoms with E-state index < -0.39 is 0 Å². The monoisotopic (exact) mass is 230 g/mol. The van der Waals surface area contributed by atoms with Gasteiger partial charge >= 0.3 is 0 Å². The van der Waals surface area contributed by atoms with E-state index in [1.54, 1.807) is 0 Å². The summed E-state index contributed by atoms with van der Waals surface area (Å²) in [7, 11) is 3.16. The lowest BCUT2D eigenvalue weighted by atomic mass is 9.91. The van der Waals surface area contributed by atoms with E-state index >= 15 is 0 Å². The van der Waals surface area contributed by atoms with Gasteiger partial charge in [-0.2, -0.15) is 0 Å². The SMILES string of the molecule is CCCCCCCC(P)(CCC)CCC. The van der Waals surface area contributed by atoms with Gasteiger partial charge < -0.3 is 0 Å². The van der Waals surface area contributed by atoms with Crippen molar-refractivity contribution in [3.8, 4) is 0 Å². The Balaban J connectivity index is 3.65. The normalized spacial score (nSPS) is 12.0. The fourth-order valence-electron chi connectivity index (χ4n) is 2.45. The van der Waals surface area contributed by atoms with E-state index in [4.69, 9.17) is 0 Å². The maximum absolute atomic E-state index is 3.16. The maximum atomic E-state index is 3.16. The van der Waals surface area contributed by atoms with Gasteiger partial charge in [-0.05, 0) is 24.4 Å². The predicted octanol–water partition coefficient (Wildman–Crippen LogP) is 5.56. The van der Waals surface area contributed by atoms with Crippen LogP contribution >= 0.6 is 9.24 Å². The van der Waals surface area contributed by atoms with Gasteiger partial charge in [0.15, 0.2) is 0 Å². The topological polar surface area (TPSA) is 0 Å². The molecular weight excluding hydrogens is 199 g/mol. The van der Waals surface area contributed by atoms with Crippen molar-refractivity contribution in [1.82, 2.24) is 0 Å². The molecule has 0 heterocycles. The zero-order valence-electron chi connectivity index (χ0n) is 11.1. The standard InChI is InChI=1S/C14H31P/c1-4-7-8-9-10-13-14(15,11-5-2)12-6-3/h4-13,15H2,1-3H3. The highest BCUT2D eigenvalue weighted by Crippen LogP contribution is 2.35. The summed E-state index contributed by atoms with van der Waals surface area (Å²) in [5.74, 6) is 0. The van der Waals surface area contributed by atoms with Crippen LogP contribution in [0.2, 0.25) is 0 Å². The van der Waals surface area contributed by atoms with E-state index in [2.05, 4.69) is 30.0 Å². The van der Waals surface area contributed by atoms with Crippen molar-refractivity contribution in [3.05, 3.63) is 0 Å². The van der Waals surface area contributed by atoms with Crippen LogP contribution < -0.4 is 0 Å². The predicted molar refractivity (Wildman–Crippen MR) is 75.6 cm³/mol. The van der Waals surface area contributed by atoms with Crippen LogP contribution in [0.3, 0.4) is 0 Å². The first-order valence-corrected chi connectivity index (χ1v) is 7.55. The van der Waals surface area contributed by atoms with Crippen LogP contribution in [-0.4, -0.2) is 5.16 Å². The van der Waals surface area contributed by atoms with Crippen LogP contribution in [0.5, 0.6) is 0 Å². The Bertz CT molecular complexity index is 125. The summed E-state index contributed by atoms with van der Waals surface area (Å²) in [6.45, 7) is 6.91. The highest BCUT2D eigenvalue weighted by molar-refractivity contribution is 7.19. The van der Waals surface area contributed by atoms with Gasteiger partial charge in [0.2, 0.25) is 0 Å². The fraction of sp³-hybridized carbons (Fsp3) is 1.00. The van der Waals surface area contributed by atoms with E-state index in [1.807, 2.05) is 0 Å². The number of rotatable bonds is 10. The van der Waals surface area contributed by atoms with Crippen molar-refractivity contribution in [2.45, 2.75) is 90.1 Å². The van der Waals surface area contributed by atoms with Crippen LogP contribution in [0.1, 0.15) is 85.0 Å². The first-order chi connectivity index (χ1) is 7.18. The Labute approximate surface area is 99.8 Å². The molecule has 0 aromatic rings. The van der Waals surface area contributed by atoms with E-state index in [-0.39, 0.29) is 0 Å². The molecule has 0 fully saturated rings. The fourth-order valence-corrected chi connectivity index (χ4v) is 3.23. The molecule has 0 aliphatic carbocycles. The van der Waals surface area contributed by atoms with Gasteiger partial charge in [0.1, 0.15) is 0 Å². The number of hydrogen-bond donors (Lipinski definition) is 0. The van der Waals surface area contributed by atoms with E-state index in [0.717, 1.165) is 0 Å². The summed E-state index contributed by atoms with van der Waals surface area (Å²) in [4.78, 5) is 0. The molecular formula is C14H31P.